The number of aryl methyl sites for hydroxylation is 1. The second kappa shape index (κ2) is 7.18. The Hall–Kier alpha value is -0.940. The molecule has 1 unspecified atom stereocenters. The van der Waals surface area contributed by atoms with Gasteiger partial charge in [0.1, 0.15) is 5.60 Å². The van der Waals surface area contributed by atoms with Gasteiger partial charge >= 0.3 is 0 Å². The molecule has 1 saturated carbocycles. The summed E-state index contributed by atoms with van der Waals surface area (Å²) in [6.45, 7) is 5.67. The predicted octanol–water partition coefficient (Wildman–Crippen LogP) is 2.79. The van der Waals surface area contributed by atoms with Crippen molar-refractivity contribution in [3.63, 3.8) is 0 Å². The van der Waals surface area contributed by atoms with Crippen molar-refractivity contribution in [2.24, 2.45) is 11.7 Å². The first kappa shape index (κ1) is 15.4. The summed E-state index contributed by atoms with van der Waals surface area (Å²) in [5.74, 6) is 2.08. The van der Waals surface area contributed by atoms with E-state index in [1.807, 2.05) is 6.92 Å². The predicted molar refractivity (Wildman–Crippen MR) is 77.2 cm³/mol. The van der Waals surface area contributed by atoms with Crippen molar-refractivity contribution in [1.29, 1.82) is 0 Å². The first-order valence-electron chi connectivity index (χ1n) is 7.87. The molecule has 5 nitrogen and oxygen atoms in total. The molecule has 0 saturated heterocycles. The van der Waals surface area contributed by atoms with Gasteiger partial charge in [0.05, 0.1) is 0 Å². The highest BCUT2D eigenvalue weighted by Crippen LogP contribution is 2.40. The Kier molecular flexibility index (Phi) is 5.54. The van der Waals surface area contributed by atoms with Crippen molar-refractivity contribution in [1.82, 2.24) is 10.1 Å². The Bertz CT molecular complexity index is 400. The summed E-state index contributed by atoms with van der Waals surface area (Å²) in [5, 5.41) is 4.18. The van der Waals surface area contributed by atoms with E-state index in [0.29, 0.717) is 12.5 Å². The van der Waals surface area contributed by atoms with Crippen LogP contribution in [0.2, 0.25) is 0 Å². The van der Waals surface area contributed by atoms with Crippen LogP contribution in [0.1, 0.15) is 64.1 Å². The molecule has 1 fully saturated rings. The molecule has 1 aliphatic carbocycles. The molecular weight excluding hydrogens is 254 g/mol. The molecule has 1 atom stereocenters. The quantitative estimate of drug-likeness (QED) is 0.793. The Morgan fingerprint density at radius 3 is 2.75 bits per heavy atom. The van der Waals surface area contributed by atoms with Crippen molar-refractivity contribution < 1.29 is 9.26 Å². The molecule has 5 heteroatoms. The monoisotopic (exact) mass is 281 g/mol. The fourth-order valence-corrected chi connectivity index (χ4v) is 3.00. The first-order chi connectivity index (χ1) is 9.70. The number of ether oxygens (including phenoxy) is 1. The molecule has 114 valence electrons. The number of nitrogens with zero attached hydrogens (tertiary/aromatic N) is 2. The fourth-order valence-electron chi connectivity index (χ4n) is 3.00. The normalized spacial score (nSPS) is 19.4. The summed E-state index contributed by atoms with van der Waals surface area (Å²) in [6, 6.07) is 0. The Balaban J connectivity index is 1.97. The van der Waals surface area contributed by atoms with E-state index in [0.717, 1.165) is 50.4 Å². The lowest BCUT2D eigenvalue weighted by Crippen LogP contribution is -2.27. The van der Waals surface area contributed by atoms with Crippen molar-refractivity contribution in [3.05, 3.63) is 11.7 Å². The van der Waals surface area contributed by atoms with Gasteiger partial charge in [0, 0.05) is 13.0 Å². The summed E-state index contributed by atoms with van der Waals surface area (Å²) in [5.41, 5.74) is 5.28. The molecule has 0 radical (unpaired) electrons. The van der Waals surface area contributed by atoms with Gasteiger partial charge in [-0.1, -0.05) is 12.1 Å². The number of rotatable bonds is 8. The molecule has 0 aromatic carbocycles. The number of hydrogen-bond acceptors (Lipinski definition) is 5. The van der Waals surface area contributed by atoms with Crippen LogP contribution < -0.4 is 5.73 Å². The van der Waals surface area contributed by atoms with E-state index < -0.39 is 0 Å². The van der Waals surface area contributed by atoms with Crippen molar-refractivity contribution in [2.75, 3.05) is 13.2 Å². The standard InChI is InChI=1S/C15H27N3O2/c1-3-19-15(9-4-5-10-15)14-17-13(20-18-14)7-6-12(2)8-11-16/h12H,3-11,16H2,1-2H3. The van der Waals surface area contributed by atoms with Gasteiger partial charge in [0.15, 0.2) is 0 Å². The highest BCUT2D eigenvalue weighted by Gasteiger charge is 2.40. The molecule has 20 heavy (non-hydrogen) atoms. The maximum absolute atomic E-state index is 5.95. The molecule has 0 aliphatic heterocycles. The summed E-state index contributed by atoms with van der Waals surface area (Å²) < 4.78 is 11.4. The van der Waals surface area contributed by atoms with Gasteiger partial charge in [-0.15, -0.1) is 0 Å². The minimum atomic E-state index is -0.292. The van der Waals surface area contributed by atoms with E-state index in [9.17, 15) is 0 Å². The van der Waals surface area contributed by atoms with Crippen LogP contribution in [-0.4, -0.2) is 23.3 Å². The van der Waals surface area contributed by atoms with Gasteiger partial charge in [0.25, 0.3) is 0 Å². The average Bonchev–Trinajstić information content (AvgIpc) is 3.06. The van der Waals surface area contributed by atoms with E-state index in [4.69, 9.17) is 15.0 Å². The summed E-state index contributed by atoms with van der Waals surface area (Å²) in [4.78, 5) is 4.58. The van der Waals surface area contributed by atoms with Gasteiger partial charge in [-0.05, 0) is 57.9 Å². The molecule has 0 bridgehead atoms. The number of nitrogens with two attached hydrogens (primary N) is 1. The smallest absolute Gasteiger partial charge is 0.226 e. The zero-order valence-corrected chi connectivity index (χ0v) is 12.7. The van der Waals surface area contributed by atoms with E-state index in [2.05, 4.69) is 17.1 Å². The lowest BCUT2D eigenvalue weighted by Gasteiger charge is -2.24. The maximum Gasteiger partial charge on any atom is 0.226 e. The van der Waals surface area contributed by atoms with Crippen LogP contribution in [0.5, 0.6) is 0 Å². The maximum atomic E-state index is 5.95. The SMILES string of the molecule is CCOC1(c2noc(CCC(C)CCN)n2)CCCC1. The summed E-state index contributed by atoms with van der Waals surface area (Å²) in [6.07, 6.45) is 7.28. The van der Waals surface area contributed by atoms with E-state index in [1.54, 1.807) is 0 Å². The van der Waals surface area contributed by atoms with Gasteiger partial charge in [-0.2, -0.15) is 4.98 Å². The van der Waals surface area contributed by atoms with Crippen LogP contribution in [-0.2, 0) is 16.8 Å². The first-order valence-corrected chi connectivity index (χ1v) is 7.87. The molecule has 1 aromatic rings. The third kappa shape index (κ3) is 3.58. The average molecular weight is 281 g/mol. The van der Waals surface area contributed by atoms with Crippen LogP contribution in [0.4, 0.5) is 0 Å². The zero-order valence-electron chi connectivity index (χ0n) is 12.7. The van der Waals surface area contributed by atoms with Crippen molar-refractivity contribution in [3.8, 4) is 0 Å². The largest absolute Gasteiger partial charge is 0.367 e. The second-order valence-electron chi connectivity index (χ2n) is 5.87. The molecule has 2 N–H and O–H groups in total. The fraction of sp³-hybridized carbons (Fsp3) is 0.867. The van der Waals surface area contributed by atoms with Gasteiger partial charge < -0.3 is 15.0 Å². The molecule has 0 amide bonds. The Labute approximate surface area is 121 Å². The van der Waals surface area contributed by atoms with E-state index in [1.165, 1.54) is 12.8 Å². The van der Waals surface area contributed by atoms with Crippen molar-refractivity contribution >= 4 is 0 Å². The summed E-state index contributed by atoms with van der Waals surface area (Å²) in [7, 11) is 0. The third-order valence-electron chi connectivity index (χ3n) is 4.22. The third-order valence-corrected chi connectivity index (χ3v) is 4.22. The van der Waals surface area contributed by atoms with Gasteiger partial charge in [0.2, 0.25) is 11.7 Å². The van der Waals surface area contributed by atoms with Gasteiger partial charge in [-0.3, -0.25) is 0 Å². The molecule has 2 rings (SSSR count). The highest BCUT2D eigenvalue weighted by atomic mass is 16.5. The zero-order chi connectivity index (χ0) is 14.4. The minimum absolute atomic E-state index is 0.292. The highest BCUT2D eigenvalue weighted by molar-refractivity contribution is 5.04. The lowest BCUT2D eigenvalue weighted by molar-refractivity contribution is -0.0469. The molecule has 1 aliphatic rings. The number of hydrogen-bond donors (Lipinski definition) is 1. The van der Waals surface area contributed by atoms with Crippen molar-refractivity contribution in [2.45, 2.75) is 64.4 Å². The topological polar surface area (TPSA) is 74.2 Å². The molecular formula is C15H27N3O2. The van der Waals surface area contributed by atoms with Crippen LogP contribution in [0, 0.1) is 5.92 Å². The van der Waals surface area contributed by atoms with Crippen LogP contribution >= 0.6 is 0 Å². The van der Waals surface area contributed by atoms with Crippen LogP contribution in [0.15, 0.2) is 4.52 Å². The Morgan fingerprint density at radius 1 is 1.35 bits per heavy atom. The van der Waals surface area contributed by atoms with Gasteiger partial charge in [-0.25, -0.2) is 0 Å². The molecule has 1 heterocycles. The molecule has 1 aromatic heterocycles. The lowest BCUT2D eigenvalue weighted by atomic mass is 10.0. The molecule has 0 spiro atoms. The van der Waals surface area contributed by atoms with Crippen LogP contribution in [0.25, 0.3) is 0 Å². The van der Waals surface area contributed by atoms with E-state index >= 15 is 0 Å². The second-order valence-corrected chi connectivity index (χ2v) is 5.87. The Morgan fingerprint density at radius 2 is 2.10 bits per heavy atom. The van der Waals surface area contributed by atoms with E-state index in [-0.39, 0.29) is 5.60 Å². The minimum Gasteiger partial charge on any atom is -0.367 e. The van der Waals surface area contributed by atoms with Crippen LogP contribution in [0.3, 0.4) is 0 Å². The summed E-state index contributed by atoms with van der Waals surface area (Å²) >= 11 is 0. The number of aromatic nitrogens is 2.